The maximum atomic E-state index is 12.8. The quantitative estimate of drug-likeness (QED) is 0.798. The van der Waals surface area contributed by atoms with Crippen LogP contribution in [0.25, 0.3) is 0 Å². The molecule has 1 rings (SSSR count). The van der Waals surface area contributed by atoms with Crippen LogP contribution in [0.5, 0.6) is 0 Å². The molecular weight excluding hydrogens is 299 g/mol. The second kappa shape index (κ2) is 5.59. The van der Waals surface area contributed by atoms with Crippen LogP contribution in [-0.2, 0) is 10.4 Å². The number of hydrogen-bond acceptors (Lipinski definition) is 3. The normalized spacial score (nSPS) is 16.6. The van der Waals surface area contributed by atoms with Crippen LogP contribution in [0.4, 0.5) is 13.2 Å². The number of halogens is 4. The van der Waals surface area contributed by atoms with Crippen molar-refractivity contribution in [2.45, 2.75) is 31.2 Å². The van der Waals surface area contributed by atoms with Gasteiger partial charge in [0, 0.05) is 11.1 Å². The summed E-state index contributed by atoms with van der Waals surface area (Å²) in [5.41, 5.74) is 2.10. The number of carbonyl (C=O) groups is 1. The standard InChI is InChI=1S/C12H13ClF3NO3/c1-11(20,12(14,15)16)7-2-6(3-8(13)4-7)9(17)5-10(18)19/h2-4,9,20H,5,17H2,1H3,(H,18,19)/t9-,11?/m0/s1. The van der Waals surface area contributed by atoms with E-state index >= 15 is 0 Å². The summed E-state index contributed by atoms with van der Waals surface area (Å²) in [6.45, 7) is 0.588. The van der Waals surface area contributed by atoms with E-state index < -0.39 is 35.8 Å². The fourth-order valence-electron chi connectivity index (χ4n) is 1.58. The average Bonchev–Trinajstić information content (AvgIpc) is 2.25. The highest BCUT2D eigenvalue weighted by Crippen LogP contribution is 2.40. The average molecular weight is 312 g/mol. The lowest BCUT2D eigenvalue weighted by Crippen LogP contribution is -2.39. The van der Waals surface area contributed by atoms with E-state index in [-0.39, 0.29) is 10.6 Å². The van der Waals surface area contributed by atoms with E-state index in [2.05, 4.69) is 0 Å². The van der Waals surface area contributed by atoms with Crippen LogP contribution in [0.2, 0.25) is 5.02 Å². The summed E-state index contributed by atoms with van der Waals surface area (Å²) >= 11 is 5.71. The molecule has 0 aromatic heterocycles. The molecule has 0 saturated carbocycles. The zero-order chi connectivity index (χ0) is 15.7. The Hall–Kier alpha value is -1.31. The third-order valence-corrected chi connectivity index (χ3v) is 3.08. The number of nitrogens with two attached hydrogens (primary N) is 1. The van der Waals surface area contributed by atoms with Crippen molar-refractivity contribution in [1.29, 1.82) is 0 Å². The van der Waals surface area contributed by atoms with Gasteiger partial charge in [-0.1, -0.05) is 17.7 Å². The maximum absolute atomic E-state index is 12.8. The molecule has 0 bridgehead atoms. The van der Waals surface area contributed by atoms with Crippen molar-refractivity contribution in [3.8, 4) is 0 Å². The fourth-order valence-corrected chi connectivity index (χ4v) is 1.82. The first-order valence-electron chi connectivity index (χ1n) is 5.52. The Kier molecular flexibility index (Phi) is 4.68. The molecule has 0 aliphatic heterocycles. The van der Waals surface area contributed by atoms with Crippen LogP contribution >= 0.6 is 11.6 Å². The molecule has 4 nitrogen and oxygen atoms in total. The van der Waals surface area contributed by atoms with Gasteiger partial charge in [0.25, 0.3) is 0 Å². The van der Waals surface area contributed by atoms with Crippen molar-refractivity contribution in [2.75, 3.05) is 0 Å². The number of benzene rings is 1. The van der Waals surface area contributed by atoms with Crippen molar-refractivity contribution >= 4 is 17.6 Å². The summed E-state index contributed by atoms with van der Waals surface area (Å²) in [5, 5.41) is 18.2. The van der Waals surface area contributed by atoms with E-state index in [9.17, 15) is 23.1 Å². The molecule has 0 aliphatic rings. The highest BCUT2D eigenvalue weighted by Gasteiger charge is 2.51. The third kappa shape index (κ3) is 3.62. The van der Waals surface area contributed by atoms with Gasteiger partial charge in [-0.3, -0.25) is 4.79 Å². The first-order valence-corrected chi connectivity index (χ1v) is 5.90. The molecule has 4 N–H and O–H groups in total. The number of aliphatic carboxylic acids is 1. The number of aliphatic hydroxyl groups is 1. The number of hydrogen-bond donors (Lipinski definition) is 3. The highest BCUT2D eigenvalue weighted by molar-refractivity contribution is 6.30. The third-order valence-electron chi connectivity index (χ3n) is 2.86. The lowest BCUT2D eigenvalue weighted by atomic mass is 9.91. The Morgan fingerprint density at radius 1 is 1.40 bits per heavy atom. The molecule has 0 radical (unpaired) electrons. The Balaban J connectivity index is 3.25. The predicted octanol–water partition coefficient (Wildman–Crippen LogP) is 2.58. The molecule has 1 aromatic rings. The summed E-state index contributed by atoms with van der Waals surface area (Å²) in [7, 11) is 0. The van der Waals surface area contributed by atoms with E-state index in [0.29, 0.717) is 6.92 Å². The largest absolute Gasteiger partial charge is 0.481 e. The molecule has 0 heterocycles. The second-order valence-corrected chi connectivity index (χ2v) is 4.98. The van der Waals surface area contributed by atoms with Crippen LogP contribution < -0.4 is 5.73 Å². The summed E-state index contributed by atoms with van der Waals surface area (Å²) in [6, 6.07) is 2.22. The molecule has 0 fully saturated rings. The molecule has 2 atom stereocenters. The molecule has 20 heavy (non-hydrogen) atoms. The van der Waals surface area contributed by atoms with Crippen molar-refractivity contribution in [3.05, 3.63) is 34.3 Å². The molecule has 0 amide bonds. The first kappa shape index (κ1) is 16.7. The van der Waals surface area contributed by atoms with Crippen LogP contribution in [-0.4, -0.2) is 22.4 Å². The van der Waals surface area contributed by atoms with Crippen molar-refractivity contribution in [3.63, 3.8) is 0 Å². The Labute approximate surface area is 118 Å². The molecule has 112 valence electrons. The van der Waals surface area contributed by atoms with Gasteiger partial charge in [-0.05, 0) is 30.2 Å². The van der Waals surface area contributed by atoms with Gasteiger partial charge >= 0.3 is 12.1 Å². The van der Waals surface area contributed by atoms with Crippen molar-refractivity contribution in [1.82, 2.24) is 0 Å². The van der Waals surface area contributed by atoms with Gasteiger partial charge in [-0.25, -0.2) is 0 Å². The second-order valence-electron chi connectivity index (χ2n) is 4.55. The summed E-state index contributed by atoms with van der Waals surface area (Å²) < 4.78 is 38.3. The molecule has 0 spiro atoms. The minimum atomic E-state index is -4.90. The minimum Gasteiger partial charge on any atom is -0.481 e. The zero-order valence-corrected chi connectivity index (χ0v) is 11.2. The Morgan fingerprint density at radius 2 is 1.95 bits per heavy atom. The van der Waals surface area contributed by atoms with Crippen LogP contribution in [0, 0.1) is 0 Å². The number of carboxylic acids is 1. The van der Waals surface area contributed by atoms with E-state index in [4.69, 9.17) is 22.4 Å². The minimum absolute atomic E-state index is 0.0668. The van der Waals surface area contributed by atoms with Crippen molar-refractivity contribution in [2.24, 2.45) is 5.73 Å². The predicted molar refractivity (Wildman–Crippen MR) is 66.3 cm³/mol. The van der Waals surface area contributed by atoms with E-state index in [1.807, 2.05) is 0 Å². The molecule has 8 heteroatoms. The Bertz CT molecular complexity index is 517. The van der Waals surface area contributed by atoms with E-state index in [1.165, 1.54) is 6.07 Å². The fraction of sp³-hybridized carbons (Fsp3) is 0.417. The smallest absolute Gasteiger partial charge is 0.421 e. The maximum Gasteiger partial charge on any atom is 0.421 e. The van der Waals surface area contributed by atoms with E-state index in [0.717, 1.165) is 12.1 Å². The van der Waals surface area contributed by atoms with Gasteiger partial charge in [-0.2, -0.15) is 13.2 Å². The lowest BCUT2D eigenvalue weighted by molar-refractivity contribution is -0.258. The number of rotatable bonds is 4. The van der Waals surface area contributed by atoms with Gasteiger partial charge in [0.15, 0.2) is 5.60 Å². The topological polar surface area (TPSA) is 83.5 Å². The van der Waals surface area contributed by atoms with Gasteiger partial charge in [0.05, 0.1) is 6.42 Å². The molecule has 0 aliphatic carbocycles. The Morgan fingerprint density at radius 3 is 2.40 bits per heavy atom. The highest BCUT2D eigenvalue weighted by atomic mass is 35.5. The molecular formula is C12H13ClF3NO3. The lowest BCUT2D eigenvalue weighted by Gasteiger charge is -2.27. The van der Waals surface area contributed by atoms with Crippen LogP contribution in [0.15, 0.2) is 18.2 Å². The van der Waals surface area contributed by atoms with Gasteiger partial charge in [0.2, 0.25) is 0 Å². The van der Waals surface area contributed by atoms with Crippen LogP contribution in [0.1, 0.15) is 30.5 Å². The SMILES string of the molecule is CC(O)(c1cc(Cl)cc([C@@H](N)CC(=O)O)c1)C(F)(F)F. The van der Waals surface area contributed by atoms with Gasteiger partial charge in [0.1, 0.15) is 0 Å². The summed E-state index contributed by atoms with van der Waals surface area (Å²) in [4.78, 5) is 10.6. The number of carboxylic acid groups (broad SMARTS) is 1. The van der Waals surface area contributed by atoms with E-state index in [1.54, 1.807) is 0 Å². The summed E-state index contributed by atoms with van der Waals surface area (Å²) in [5.74, 6) is -1.19. The molecule has 1 unspecified atom stereocenters. The van der Waals surface area contributed by atoms with Gasteiger partial charge < -0.3 is 15.9 Å². The zero-order valence-electron chi connectivity index (χ0n) is 10.4. The van der Waals surface area contributed by atoms with Crippen molar-refractivity contribution < 1.29 is 28.2 Å². The first-order chi connectivity index (χ1) is 8.95. The van der Waals surface area contributed by atoms with Gasteiger partial charge in [-0.15, -0.1) is 0 Å². The monoisotopic (exact) mass is 311 g/mol. The summed E-state index contributed by atoms with van der Waals surface area (Å²) in [6.07, 6.45) is -5.36. The molecule has 0 saturated heterocycles. The number of alkyl halides is 3. The molecule has 1 aromatic carbocycles. The van der Waals surface area contributed by atoms with Crippen LogP contribution in [0.3, 0.4) is 0 Å².